The summed E-state index contributed by atoms with van der Waals surface area (Å²) in [5.41, 5.74) is 0.945. The lowest BCUT2D eigenvalue weighted by atomic mass is 9.97. The van der Waals surface area contributed by atoms with Crippen LogP contribution in [0.4, 0.5) is 0 Å². The molecule has 6 heteroatoms. The van der Waals surface area contributed by atoms with Gasteiger partial charge >= 0.3 is 5.97 Å². The number of esters is 1. The van der Waals surface area contributed by atoms with Gasteiger partial charge in [0.15, 0.2) is 0 Å². The van der Waals surface area contributed by atoms with Gasteiger partial charge in [-0.15, -0.1) is 0 Å². The third-order valence-corrected chi connectivity index (χ3v) is 4.49. The Bertz CT molecular complexity index is 604. The molecule has 0 aliphatic heterocycles. The van der Waals surface area contributed by atoms with Crippen LogP contribution in [0.15, 0.2) is 23.1 Å². The van der Waals surface area contributed by atoms with E-state index in [0.29, 0.717) is 5.56 Å². The molecule has 0 saturated heterocycles. The van der Waals surface area contributed by atoms with Crippen LogP contribution in [0.5, 0.6) is 0 Å². The smallest absolute Gasteiger partial charge is 0.338 e. The molecule has 5 nitrogen and oxygen atoms in total. The van der Waals surface area contributed by atoms with Crippen LogP contribution in [0, 0.1) is 6.92 Å². The van der Waals surface area contributed by atoms with E-state index in [1.807, 2.05) is 0 Å². The number of hydrogen-bond acceptors (Lipinski definition) is 4. The van der Waals surface area contributed by atoms with Gasteiger partial charge in [0.1, 0.15) is 6.10 Å². The Balaban J connectivity index is 2.20. The van der Waals surface area contributed by atoms with E-state index in [4.69, 9.17) is 9.88 Å². The number of ether oxygens (including phenoxy) is 1. The van der Waals surface area contributed by atoms with E-state index in [-0.39, 0.29) is 16.6 Å². The average Bonchev–Trinajstić information content (AvgIpc) is 2.39. The number of hydrogen-bond donors (Lipinski definition) is 1. The molecule has 0 unspecified atom stereocenters. The molecule has 1 aromatic rings. The number of rotatable bonds is 3. The van der Waals surface area contributed by atoms with Crippen LogP contribution >= 0.6 is 0 Å². The van der Waals surface area contributed by atoms with Crippen molar-refractivity contribution in [2.75, 3.05) is 0 Å². The maximum atomic E-state index is 12.2. The molecule has 2 rings (SSSR count). The molecular formula is C14H19NO4S. The Labute approximate surface area is 119 Å². The summed E-state index contributed by atoms with van der Waals surface area (Å²) in [6.07, 6.45) is 4.99. The summed E-state index contributed by atoms with van der Waals surface area (Å²) >= 11 is 0. The Morgan fingerprint density at radius 2 is 1.90 bits per heavy atom. The quantitative estimate of drug-likeness (QED) is 0.866. The first kappa shape index (κ1) is 15.0. The predicted molar refractivity (Wildman–Crippen MR) is 74.8 cm³/mol. The molecule has 1 aliphatic rings. The molecular weight excluding hydrogens is 278 g/mol. The average molecular weight is 297 g/mol. The van der Waals surface area contributed by atoms with Crippen LogP contribution in [-0.4, -0.2) is 20.5 Å². The van der Waals surface area contributed by atoms with E-state index in [9.17, 15) is 13.2 Å². The second-order valence-corrected chi connectivity index (χ2v) is 6.75. The highest BCUT2D eigenvalue weighted by Crippen LogP contribution is 2.23. The standard InChI is InChI=1S/C14H19NO4S/c1-10-7-8-12(20(15,17)18)9-13(10)14(16)19-11-5-3-2-4-6-11/h7-9,11H,2-6H2,1H3,(H2,15,17,18). The van der Waals surface area contributed by atoms with Gasteiger partial charge in [0, 0.05) is 0 Å². The van der Waals surface area contributed by atoms with Gasteiger partial charge in [0.05, 0.1) is 10.5 Å². The lowest BCUT2D eigenvalue weighted by Gasteiger charge is -2.22. The Kier molecular flexibility index (Phi) is 4.45. The largest absolute Gasteiger partial charge is 0.459 e. The van der Waals surface area contributed by atoms with Gasteiger partial charge in [0.2, 0.25) is 10.0 Å². The molecule has 0 aromatic heterocycles. The fraction of sp³-hybridized carbons (Fsp3) is 0.500. The van der Waals surface area contributed by atoms with Crippen molar-refractivity contribution in [1.29, 1.82) is 0 Å². The van der Waals surface area contributed by atoms with Gasteiger partial charge in [-0.2, -0.15) is 0 Å². The topological polar surface area (TPSA) is 86.5 Å². The van der Waals surface area contributed by atoms with Crippen molar-refractivity contribution in [2.24, 2.45) is 5.14 Å². The van der Waals surface area contributed by atoms with Crippen LogP contribution < -0.4 is 5.14 Å². The van der Waals surface area contributed by atoms with E-state index < -0.39 is 16.0 Å². The highest BCUT2D eigenvalue weighted by Gasteiger charge is 2.21. The Morgan fingerprint density at radius 1 is 1.25 bits per heavy atom. The van der Waals surface area contributed by atoms with Crippen LogP contribution in [0.3, 0.4) is 0 Å². The summed E-state index contributed by atoms with van der Waals surface area (Å²) in [5, 5.41) is 5.08. The van der Waals surface area contributed by atoms with E-state index in [0.717, 1.165) is 25.7 Å². The highest BCUT2D eigenvalue weighted by atomic mass is 32.2. The maximum absolute atomic E-state index is 12.2. The predicted octanol–water partition coefficient (Wildman–Crippen LogP) is 2.13. The second-order valence-electron chi connectivity index (χ2n) is 5.19. The Hall–Kier alpha value is -1.40. The Morgan fingerprint density at radius 3 is 2.50 bits per heavy atom. The number of benzene rings is 1. The van der Waals surface area contributed by atoms with Crippen molar-refractivity contribution < 1.29 is 17.9 Å². The van der Waals surface area contributed by atoms with Crippen LogP contribution in [0.2, 0.25) is 0 Å². The minimum Gasteiger partial charge on any atom is -0.459 e. The summed E-state index contributed by atoms with van der Waals surface area (Å²) in [4.78, 5) is 12.1. The van der Waals surface area contributed by atoms with Crippen molar-refractivity contribution in [3.8, 4) is 0 Å². The number of primary sulfonamides is 1. The molecule has 0 atom stereocenters. The van der Waals surface area contributed by atoms with Gasteiger partial charge in [-0.3, -0.25) is 0 Å². The number of carbonyl (C=O) groups is 1. The fourth-order valence-corrected chi connectivity index (χ4v) is 2.94. The van der Waals surface area contributed by atoms with Crippen molar-refractivity contribution in [3.05, 3.63) is 29.3 Å². The zero-order chi connectivity index (χ0) is 14.8. The molecule has 1 aromatic carbocycles. The molecule has 0 spiro atoms. The van der Waals surface area contributed by atoms with Gasteiger partial charge in [-0.25, -0.2) is 18.4 Å². The minimum atomic E-state index is -3.82. The summed E-state index contributed by atoms with van der Waals surface area (Å²) in [5.74, 6) is -0.472. The molecule has 1 fully saturated rings. The maximum Gasteiger partial charge on any atom is 0.338 e. The lowest BCUT2D eigenvalue weighted by molar-refractivity contribution is 0.0210. The molecule has 0 heterocycles. The van der Waals surface area contributed by atoms with Crippen molar-refractivity contribution in [3.63, 3.8) is 0 Å². The van der Waals surface area contributed by atoms with Gasteiger partial charge in [0.25, 0.3) is 0 Å². The first-order valence-electron chi connectivity index (χ1n) is 6.72. The SMILES string of the molecule is Cc1ccc(S(N)(=O)=O)cc1C(=O)OC1CCCCC1. The van der Waals surface area contributed by atoms with Crippen LogP contribution in [-0.2, 0) is 14.8 Å². The number of carbonyl (C=O) groups excluding carboxylic acids is 1. The summed E-state index contributed by atoms with van der Waals surface area (Å²) in [7, 11) is -3.82. The lowest BCUT2D eigenvalue weighted by Crippen LogP contribution is -2.22. The van der Waals surface area contributed by atoms with Crippen LogP contribution in [0.25, 0.3) is 0 Å². The highest BCUT2D eigenvalue weighted by molar-refractivity contribution is 7.89. The minimum absolute atomic E-state index is 0.0613. The third-order valence-electron chi connectivity index (χ3n) is 3.58. The van der Waals surface area contributed by atoms with Gasteiger partial charge < -0.3 is 4.74 Å². The monoisotopic (exact) mass is 297 g/mol. The van der Waals surface area contributed by atoms with E-state index in [2.05, 4.69) is 0 Å². The third kappa shape index (κ3) is 3.58. The van der Waals surface area contributed by atoms with Gasteiger partial charge in [-0.1, -0.05) is 12.5 Å². The van der Waals surface area contributed by atoms with Crippen molar-refractivity contribution in [1.82, 2.24) is 0 Å². The van der Waals surface area contributed by atoms with Crippen LogP contribution in [0.1, 0.15) is 48.0 Å². The summed E-state index contributed by atoms with van der Waals surface area (Å²) < 4.78 is 28.1. The molecule has 20 heavy (non-hydrogen) atoms. The zero-order valence-corrected chi connectivity index (χ0v) is 12.3. The van der Waals surface area contributed by atoms with Crippen molar-refractivity contribution in [2.45, 2.75) is 50.0 Å². The molecule has 110 valence electrons. The molecule has 0 radical (unpaired) electrons. The summed E-state index contributed by atoms with van der Waals surface area (Å²) in [6, 6.07) is 4.25. The number of aryl methyl sites for hydroxylation is 1. The summed E-state index contributed by atoms with van der Waals surface area (Å²) in [6.45, 7) is 1.74. The van der Waals surface area contributed by atoms with E-state index in [1.54, 1.807) is 13.0 Å². The number of sulfonamides is 1. The molecule has 0 amide bonds. The van der Waals surface area contributed by atoms with Gasteiger partial charge in [-0.05, 0) is 50.3 Å². The van der Waals surface area contributed by atoms with E-state index >= 15 is 0 Å². The molecule has 1 aliphatic carbocycles. The fourth-order valence-electron chi connectivity index (χ4n) is 2.40. The first-order chi connectivity index (χ1) is 9.38. The molecule has 1 saturated carbocycles. The normalized spacial score (nSPS) is 16.9. The van der Waals surface area contributed by atoms with Crippen molar-refractivity contribution >= 4 is 16.0 Å². The molecule has 0 bridgehead atoms. The number of nitrogens with two attached hydrogens (primary N) is 1. The molecule has 2 N–H and O–H groups in total. The van der Waals surface area contributed by atoms with E-state index in [1.165, 1.54) is 18.6 Å². The zero-order valence-electron chi connectivity index (χ0n) is 11.5. The second kappa shape index (κ2) is 5.93. The first-order valence-corrected chi connectivity index (χ1v) is 8.27.